The number of carbonyl (C=O) groups is 1. The van der Waals surface area contributed by atoms with Crippen LogP contribution in [-0.4, -0.2) is 20.7 Å². The van der Waals surface area contributed by atoms with Crippen molar-refractivity contribution >= 4 is 5.91 Å². The van der Waals surface area contributed by atoms with Crippen molar-refractivity contribution in [1.29, 1.82) is 0 Å². The Kier molecular flexibility index (Phi) is 5.24. The molecule has 1 aliphatic carbocycles. The molecule has 0 fully saturated rings. The van der Waals surface area contributed by atoms with Gasteiger partial charge in [-0.05, 0) is 67.9 Å². The number of hydrogen-bond acceptors (Lipinski definition) is 3. The summed E-state index contributed by atoms with van der Waals surface area (Å²) in [5, 5.41) is 7.56. The van der Waals surface area contributed by atoms with Crippen molar-refractivity contribution in [3.8, 4) is 5.82 Å². The molecular formula is C23H26N4O. The van der Waals surface area contributed by atoms with E-state index < -0.39 is 0 Å². The second-order valence-electron chi connectivity index (χ2n) is 7.39. The molecule has 1 unspecified atom stereocenters. The quantitative estimate of drug-likeness (QED) is 0.728. The minimum atomic E-state index is -0.0933. The van der Waals surface area contributed by atoms with E-state index in [9.17, 15) is 4.79 Å². The Bertz CT molecular complexity index is 978. The average Bonchev–Trinajstić information content (AvgIpc) is 3.18. The number of nitrogens with one attached hydrogen (secondary N) is 1. The minimum absolute atomic E-state index is 0.0531. The first-order chi connectivity index (χ1) is 13.7. The lowest BCUT2D eigenvalue weighted by Gasteiger charge is -2.20. The molecule has 0 radical (unpaired) electrons. The predicted octanol–water partition coefficient (Wildman–Crippen LogP) is 4.20. The third-order valence-electron chi connectivity index (χ3n) is 5.53. The number of fused-ring (bicyclic) bond motifs is 1. The van der Waals surface area contributed by atoms with E-state index in [1.807, 2.05) is 32.0 Å². The first-order valence-corrected chi connectivity index (χ1v) is 10.1. The van der Waals surface area contributed by atoms with Crippen molar-refractivity contribution in [2.75, 3.05) is 0 Å². The fourth-order valence-electron chi connectivity index (χ4n) is 3.96. The Balaban J connectivity index is 1.54. The van der Waals surface area contributed by atoms with E-state index in [4.69, 9.17) is 0 Å². The third kappa shape index (κ3) is 3.57. The fourth-order valence-corrected chi connectivity index (χ4v) is 3.96. The van der Waals surface area contributed by atoms with Crippen molar-refractivity contribution in [1.82, 2.24) is 20.1 Å². The number of rotatable bonds is 5. The smallest absolute Gasteiger partial charge is 0.255 e. The normalized spacial score (nSPS) is 14.4. The van der Waals surface area contributed by atoms with E-state index in [2.05, 4.69) is 33.6 Å². The highest BCUT2D eigenvalue weighted by Gasteiger charge is 2.20. The van der Waals surface area contributed by atoms with Crippen molar-refractivity contribution in [2.45, 2.75) is 52.0 Å². The van der Waals surface area contributed by atoms with Crippen LogP contribution in [0.15, 0.2) is 48.8 Å². The van der Waals surface area contributed by atoms with E-state index in [0.717, 1.165) is 23.5 Å². The molecule has 1 aromatic carbocycles. The Hall–Kier alpha value is -2.95. The molecule has 1 amide bonds. The lowest BCUT2D eigenvalue weighted by atomic mass is 9.89. The fraction of sp³-hybridized carbons (Fsp3) is 0.348. The van der Waals surface area contributed by atoms with Gasteiger partial charge in [-0.1, -0.05) is 31.2 Å². The Morgan fingerprint density at radius 2 is 2.00 bits per heavy atom. The molecule has 5 heteroatoms. The molecule has 2 heterocycles. The summed E-state index contributed by atoms with van der Waals surface area (Å²) in [6, 6.07) is 12.3. The summed E-state index contributed by atoms with van der Waals surface area (Å²) < 4.78 is 1.75. The summed E-state index contributed by atoms with van der Waals surface area (Å²) in [6.07, 6.45) is 8.91. The second kappa shape index (κ2) is 7.97. The SMILES string of the molecule is CCc1c(C(=O)NC(C)c2ccc3c(c2)CCCC3)cnn1-c1ccccn1. The third-order valence-corrected chi connectivity index (χ3v) is 5.53. The van der Waals surface area contributed by atoms with Gasteiger partial charge in [0.15, 0.2) is 5.82 Å². The van der Waals surface area contributed by atoms with Gasteiger partial charge >= 0.3 is 0 Å². The van der Waals surface area contributed by atoms with Crippen LogP contribution in [0.2, 0.25) is 0 Å². The lowest BCUT2D eigenvalue weighted by Crippen LogP contribution is -2.27. The predicted molar refractivity (Wildman–Crippen MR) is 110 cm³/mol. The molecule has 1 atom stereocenters. The highest BCUT2D eigenvalue weighted by atomic mass is 16.1. The summed E-state index contributed by atoms with van der Waals surface area (Å²) in [5.41, 5.74) is 5.52. The first-order valence-electron chi connectivity index (χ1n) is 10.1. The number of nitrogens with zero attached hydrogens (tertiary/aromatic N) is 3. The zero-order chi connectivity index (χ0) is 19.5. The maximum Gasteiger partial charge on any atom is 0.255 e. The van der Waals surface area contributed by atoms with E-state index in [1.165, 1.54) is 30.4 Å². The largest absolute Gasteiger partial charge is 0.345 e. The topological polar surface area (TPSA) is 59.8 Å². The van der Waals surface area contributed by atoms with E-state index in [-0.39, 0.29) is 11.9 Å². The van der Waals surface area contributed by atoms with Gasteiger partial charge < -0.3 is 5.32 Å². The maximum atomic E-state index is 13.0. The van der Waals surface area contributed by atoms with Gasteiger partial charge in [-0.15, -0.1) is 0 Å². The van der Waals surface area contributed by atoms with Crippen LogP contribution in [0.4, 0.5) is 0 Å². The summed E-state index contributed by atoms with van der Waals surface area (Å²) in [7, 11) is 0. The number of aryl methyl sites for hydroxylation is 2. The van der Waals surface area contributed by atoms with Crippen LogP contribution >= 0.6 is 0 Å². The summed E-state index contributed by atoms with van der Waals surface area (Å²) in [6.45, 7) is 4.07. The molecule has 0 bridgehead atoms. The number of hydrogen-bond donors (Lipinski definition) is 1. The van der Waals surface area contributed by atoms with Crippen LogP contribution in [0.1, 0.15) is 65.5 Å². The minimum Gasteiger partial charge on any atom is -0.345 e. The van der Waals surface area contributed by atoms with E-state index >= 15 is 0 Å². The molecule has 0 saturated carbocycles. The zero-order valence-electron chi connectivity index (χ0n) is 16.5. The molecular weight excluding hydrogens is 348 g/mol. The van der Waals surface area contributed by atoms with Gasteiger partial charge in [-0.2, -0.15) is 5.10 Å². The van der Waals surface area contributed by atoms with Crippen LogP contribution in [0.3, 0.4) is 0 Å². The van der Waals surface area contributed by atoms with Gasteiger partial charge in [0.1, 0.15) is 0 Å². The molecule has 3 aromatic rings. The highest BCUT2D eigenvalue weighted by Crippen LogP contribution is 2.25. The number of benzene rings is 1. The van der Waals surface area contributed by atoms with E-state index in [0.29, 0.717) is 12.0 Å². The molecule has 0 saturated heterocycles. The van der Waals surface area contributed by atoms with Crippen molar-refractivity contribution < 1.29 is 4.79 Å². The molecule has 28 heavy (non-hydrogen) atoms. The Morgan fingerprint density at radius 1 is 1.18 bits per heavy atom. The van der Waals surface area contributed by atoms with Gasteiger partial charge in [0.2, 0.25) is 0 Å². The molecule has 1 aliphatic rings. The Labute approximate surface area is 165 Å². The van der Waals surface area contributed by atoms with Crippen molar-refractivity contribution in [2.24, 2.45) is 0 Å². The van der Waals surface area contributed by atoms with Gasteiger partial charge in [-0.3, -0.25) is 4.79 Å². The molecule has 5 nitrogen and oxygen atoms in total. The summed E-state index contributed by atoms with van der Waals surface area (Å²) in [4.78, 5) is 17.3. The van der Waals surface area contributed by atoms with Gasteiger partial charge in [0.05, 0.1) is 23.5 Å². The van der Waals surface area contributed by atoms with Gasteiger partial charge in [0.25, 0.3) is 5.91 Å². The molecule has 1 N–H and O–H groups in total. The highest BCUT2D eigenvalue weighted by molar-refractivity contribution is 5.95. The Morgan fingerprint density at radius 3 is 2.75 bits per heavy atom. The zero-order valence-corrected chi connectivity index (χ0v) is 16.5. The van der Waals surface area contributed by atoms with Crippen molar-refractivity contribution in [3.63, 3.8) is 0 Å². The number of carbonyl (C=O) groups excluding carboxylic acids is 1. The molecule has 0 aliphatic heterocycles. The summed E-state index contributed by atoms with van der Waals surface area (Å²) in [5.74, 6) is 0.630. The van der Waals surface area contributed by atoms with Gasteiger partial charge in [-0.25, -0.2) is 9.67 Å². The van der Waals surface area contributed by atoms with Gasteiger partial charge in [0, 0.05) is 6.20 Å². The van der Waals surface area contributed by atoms with Crippen LogP contribution in [0, 0.1) is 0 Å². The molecule has 4 rings (SSSR count). The van der Waals surface area contributed by atoms with Crippen LogP contribution in [0.25, 0.3) is 5.82 Å². The number of aromatic nitrogens is 3. The monoisotopic (exact) mass is 374 g/mol. The van der Waals surface area contributed by atoms with Crippen LogP contribution in [0.5, 0.6) is 0 Å². The maximum absolute atomic E-state index is 13.0. The van der Waals surface area contributed by atoms with Crippen LogP contribution < -0.4 is 5.32 Å². The lowest BCUT2D eigenvalue weighted by molar-refractivity contribution is 0.0939. The molecule has 2 aromatic heterocycles. The number of amides is 1. The molecule has 144 valence electrons. The first kappa shape index (κ1) is 18.4. The van der Waals surface area contributed by atoms with E-state index in [1.54, 1.807) is 17.1 Å². The second-order valence-corrected chi connectivity index (χ2v) is 7.39. The van der Waals surface area contributed by atoms with Crippen LogP contribution in [-0.2, 0) is 19.3 Å². The average molecular weight is 374 g/mol. The number of pyridine rings is 1. The standard InChI is InChI=1S/C23H26N4O/c1-3-21-20(15-25-27(21)22-10-6-7-13-24-22)23(28)26-16(2)18-12-11-17-8-4-5-9-19(17)14-18/h6-7,10-16H,3-5,8-9H2,1-2H3,(H,26,28). The van der Waals surface area contributed by atoms with Crippen molar-refractivity contribution in [3.05, 3.63) is 76.7 Å². The molecule has 0 spiro atoms. The summed E-state index contributed by atoms with van der Waals surface area (Å²) >= 11 is 0.